The highest BCUT2D eigenvalue weighted by molar-refractivity contribution is 5.63. The van der Waals surface area contributed by atoms with E-state index in [1.165, 1.54) is 22.4 Å². The molecule has 0 aliphatic rings. The van der Waals surface area contributed by atoms with Gasteiger partial charge in [-0.15, -0.1) is 0 Å². The number of aromatic amines is 1. The van der Waals surface area contributed by atoms with Gasteiger partial charge in [-0.05, 0) is 25.0 Å². The van der Waals surface area contributed by atoms with Crippen LogP contribution in [0.4, 0.5) is 0 Å². The van der Waals surface area contributed by atoms with Gasteiger partial charge in [0.05, 0.1) is 11.9 Å². The third-order valence-corrected chi connectivity index (χ3v) is 2.54. The van der Waals surface area contributed by atoms with Gasteiger partial charge < -0.3 is 0 Å². The summed E-state index contributed by atoms with van der Waals surface area (Å²) in [5, 5.41) is 7.21. The van der Waals surface area contributed by atoms with Crippen molar-refractivity contribution in [2.45, 2.75) is 26.7 Å². The Morgan fingerprint density at radius 3 is 2.93 bits per heavy atom. The smallest absolute Gasteiger partial charge is 0.0682 e. The van der Waals surface area contributed by atoms with Gasteiger partial charge in [-0.25, -0.2) is 0 Å². The number of benzene rings is 1. The van der Waals surface area contributed by atoms with Crippen molar-refractivity contribution in [3.63, 3.8) is 0 Å². The van der Waals surface area contributed by atoms with E-state index in [2.05, 4.69) is 48.3 Å². The molecule has 0 fully saturated rings. The summed E-state index contributed by atoms with van der Waals surface area (Å²) in [5.74, 6) is 0. The second kappa shape index (κ2) is 4.30. The predicted octanol–water partition coefficient (Wildman–Crippen LogP) is 3.34. The summed E-state index contributed by atoms with van der Waals surface area (Å²) < 4.78 is 0. The van der Waals surface area contributed by atoms with E-state index < -0.39 is 0 Å². The summed E-state index contributed by atoms with van der Waals surface area (Å²) in [6.07, 6.45) is 4.17. The number of H-pyrrole nitrogens is 1. The lowest BCUT2D eigenvalue weighted by atomic mass is 10.0. The first-order valence-electron chi connectivity index (χ1n) is 5.40. The lowest BCUT2D eigenvalue weighted by Gasteiger charge is -2.02. The van der Waals surface area contributed by atoms with Crippen LogP contribution in [0.15, 0.2) is 30.5 Å². The molecule has 2 aromatic rings. The first-order chi connectivity index (χ1) is 7.31. The molecule has 0 unspecified atom stereocenters. The Morgan fingerprint density at radius 2 is 2.20 bits per heavy atom. The average Bonchev–Trinajstić information content (AvgIpc) is 2.66. The molecular formula is C13H16N2. The normalized spacial score (nSPS) is 10.5. The molecule has 15 heavy (non-hydrogen) atoms. The van der Waals surface area contributed by atoms with Gasteiger partial charge in [-0.1, -0.05) is 37.1 Å². The minimum absolute atomic E-state index is 1.08. The Bertz CT molecular complexity index is 443. The molecule has 0 saturated heterocycles. The van der Waals surface area contributed by atoms with Crippen LogP contribution in [0.1, 0.15) is 24.5 Å². The zero-order chi connectivity index (χ0) is 10.7. The molecule has 0 aliphatic heterocycles. The third-order valence-electron chi connectivity index (χ3n) is 2.54. The van der Waals surface area contributed by atoms with E-state index in [0.29, 0.717) is 0 Å². The Hall–Kier alpha value is -1.57. The maximum Gasteiger partial charge on any atom is 0.0682 e. The molecule has 2 rings (SSSR count). The van der Waals surface area contributed by atoms with Crippen LogP contribution < -0.4 is 0 Å². The van der Waals surface area contributed by atoms with Crippen molar-refractivity contribution in [3.05, 3.63) is 41.6 Å². The highest BCUT2D eigenvalue weighted by Gasteiger charge is 2.06. The molecule has 0 bridgehead atoms. The zero-order valence-electron chi connectivity index (χ0n) is 9.25. The van der Waals surface area contributed by atoms with Crippen LogP contribution in [0.2, 0.25) is 0 Å². The van der Waals surface area contributed by atoms with Crippen LogP contribution in [0.5, 0.6) is 0 Å². The largest absolute Gasteiger partial charge is 0.278 e. The van der Waals surface area contributed by atoms with Gasteiger partial charge in [0, 0.05) is 5.56 Å². The van der Waals surface area contributed by atoms with Gasteiger partial charge in [0.15, 0.2) is 0 Å². The standard InChI is InChI=1S/C13H16N2/c1-3-5-12-9-14-15-13(12)11-7-4-6-10(2)8-11/h4,6-9H,3,5H2,1-2H3,(H,14,15). The maximum absolute atomic E-state index is 4.12. The van der Waals surface area contributed by atoms with E-state index >= 15 is 0 Å². The molecule has 0 spiro atoms. The number of aryl methyl sites for hydroxylation is 2. The molecule has 0 atom stereocenters. The molecule has 2 nitrogen and oxygen atoms in total. The summed E-state index contributed by atoms with van der Waals surface area (Å²) in [5.41, 5.74) is 4.99. The van der Waals surface area contributed by atoms with E-state index in [4.69, 9.17) is 0 Å². The molecule has 1 aromatic carbocycles. The van der Waals surface area contributed by atoms with Crippen molar-refractivity contribution in [1.82, 2.24) is 10.2 Å². The predicted molar refractivity (Wildman–Crippen MR) is 62.8 cm³/mol. The van der Waals surface area contributed by atoms with Crippen molar-refractivity contribution in [2.75, 3.05) is 0 Å². The number of aromatic nitrogens is 2. The topological polar surface area (TPSA) is 28.7 Å². The Labute approximate surface area is 90.3 Å². The van der Waals surface area contributed by atoms with Gasteiger partial charge in [0.1, 0.15) is 0 Å². The zero-order valence-corrected chi connectivity index (χ0v) is 9.25. The molecule has 1 heterocycles. The van der Waals surface area contributed by atoms with Gasteiger partial charge in [0.2, 0.25) is 0 Å². The summed E-state index contributed by atoms with van der Waals surface area (Å²) in [6, 6.07) is 8.51. The van der Waals surface area contributed by atoms with Crippen LogP contribution >= 0.6 is 0 Å². The number of nitrogens with one attached hydrogen (secondary N) is 1. The molecular weight excluding hydrogens is 184 g/mol. The molecule has 0 amide bonds. The minimum atomic E-state index is 1.08. The third kappa shape index (κ3) is 2.09. The fraction of sp³-hybridized carbons (Fsp3) is 0.308. The van der Waals surface area contributed by atoms with E-state index in [9.17, 15) is 0 Å². The fourth-order valence-electron chi connectivity index (χ4n) is 1.82. The lowest BCUT2D eigenvalue weighted by molar-refractivity contribution is 0.924. The summed E-state index contributed by atoms with van der Waals surface area (Å²) in [4.78, 5) is 0. The summed E-state index contributed by atoms with van der Waals surface area (Å²) >= 11 is 0. The first kappa shape index (κ1) is 9.97. The van der Waals surface area contributed by atoms with Crippen molar-refractivity contribution >= 4 is 0 Å². The highest BCUT2D eigenvalue weighted by atomic mass is 15.1. The molecule has 0 saturated carbocycles. The van der Waals surface area contributed by atoms with Gasteiger partial charge in [-0.3, -0.25) is 5.10 Å². The Kier molecular flexibility index (Phi) is 2.86. The highest BCUT2D eigenvalue weighted by Crippen LogP contribution is 2.22. The fourth-order valence-corrected chi connectivity index (χ4v) is 1.82. The number of hydrogen-bond acceptors (Lipinski definition) is 1. The molecule has 0 radical (unpaired) electrons. The summed E-state index contributed by atoms with van der Waals surface area (Å²) in [7, 11) is 0. The molecule has 1 N–H and O–H groups in total. The van der Waals surface area contributed by atoms with E-state index in [0.717, 1.165) is 12.8 Å². The number of hydrogen-bond donors (Lipinski definition) is 1. The minimum Gasteiger partial charge on any atom is -0.278 e. The Balaban J connectivity index is 2.40. The quantitative estimate of drug-likeness (QED) is 0.808. The van der Waals surface area contributed by atoms with Crippen LogP contribution in [0, 0.1) is 6.92 Å². The number of nitrogens with zero attached hydrogens (tertiary/aromatic N) is 1. The van der Waals surface area contributed by atoms with E-state index in [1.807, 2.05) is 6.20 Å². The summed E-state index contributed by atoms with van der Waals surface area (Å²) in [6.45, 7) is 4.30. The molecule has 1 aromatic heterocycles. The average molecular weight is 200 g/mol. The van der Waals surface area contributed by atoms with Crippen LogP contribution in [0.3, 0.4) is 0 Å². The lowest BCUT2D eigenvalue weighted by Crippen LogP contribution is -1.86. The monoisotopic (exact) mass is 200 g/mol. The van der Waals surface area contributed by atoms with E-state index in [1.54, 1.807) is 0 Å². The molecule has 78 valence electrons. The van der Waals surface area contributed by atoms with Crippen molar-refractivity contribution in [1.29, 1.82) is 0 Å². The maximum atomic E-state index is 4.12. The van der Waals surface area contributed by atoms with Crippen LogP contribution in [-0.4, -0.2) is 10.2 Å². The van der Waals surface area contributed by atoms with Crippen molar-refractivity contribution in [3.8, 4) is 11.3 Å². The van der Waals surface area contributed by atoms with Crippen molar-refractivity contribution in [2.24, 2.45) is 0 Å². The van der Waals surface area contributed by atoms with Crippen LogP contribution in [0.25, 0.3) is 11.3 Å². The Morgan fingerprint density at radius 1 is 1.33 bits per heavy atom. The van der Waals surface area contributed by atoms with Gasteiger partial charge in [-0.2, -0.15) is 5.10 Å². The second-order valence-corrected chi connectivity index (χ2v) is 3.89. The molecule has 0 aliphatic carbocycles. The SMILES string of the molecule is CCCc1cn[nH]c1-c1cccc(C)c1. The van der Waals surface area contributed by atoms with Crippen LogP contribution in [-0.2, 0) is 6.42 Å². The van der Waals surface area contributed by atoms with E-state index in [-0.39, 0.29) is 0 Å². The van der Waals surface area contributed by atoms with Crippen molar-refractivity contribution < 1.29 is 0 Å². The second-order valence-electron chi connectivity index (χ2n) is 3.89. The van der Waals surface area contributed by atoms with Gasteiger partial charge >= 0.3 is 0 Å². The number of rotatable bonds is 3. The van der Waals surface area contributed by atoms with Gasteiger partial charge in [0.25, 0.3) is 0 Å². The first-order valence-corrected chi connectivity index (χ1v) is 5.40. The molecule has 2 heteroatoms.